The first-order valence-electron chi connectivity index (χ1n) is 6.98. The number of anilines is 1. The Morgan fingerprint density at radius 3 is 2.50 bits per heavy atom. The number of carbonyl (C=O) groups is 1. The molecule has 0 aliphatic rings. The van der Waals surface area contributed by atoms with Crippen molar-refractivity contribution in [2.24, 2.45) is 0 Å². The lowest BCUT2D eigenvalue weighted by atomic mass is 10.3. The molecule has 0 radical (unpaired) electrons. The van der Waals surface area contributed by atoms with Crippen LogP contribution in [0.25, 0.3) is 0 Å². The minimum atomic E-state index is 0.138. The second-order valence-corrected chi connectivity index (χ2v) is 4.80. The van der Waals surface area contributed by atoms with Gasteiger partial charge in [-0.05, 0) is 27.8 Å². The van der Waals surface area contributed by atoms with Crippen LogP contribution in [-0.2, 0) is 11.3 Å². The van der Waals surface area contributed by atoms with E-state index in [1.807, 2.05) is 50.7 Å². The van der Waals surface area contributed by atoms with Gasteiger partial charge in [-0.2, -0.15) is 0 Å². The Kier molecular flexibility index (Phi) is 6.38. The smallest absolute Gasteiger partial charge is 0.236 e. The summed E-state index contributed by atoms with van der Waals surface area (Å²) in [6, 6.07) is 1.89. The van der Waals surface area contributed by atoms with Crippen LogP contribution in [0.3, 0.4) is 0 Å². The number of aryl methyl sites for hydroxylation is 1. The van der Waals surface area contributed by atoms with E-state index < -0.39 is 0 Å². The molecule has 1 N–H and O–H groups in total. The van der Waals surface area contributed by atoms with Crippen molar-refractivity contribution in [3.05, 3.63) is 17.6 Å². The molecule has 0 atom stereocenters. The Balaban J connectivity index is 2.64. The molecule has 0 spiro atoms. The summed E-state index contributed by atoms with van der Waals surface area (Å²) in [6.45, 7) is 8.35. The van der Waals surface area contributed by atoms with Gasteiger partial charge in [-0.1, -0.05) is 0 Å². The van der Waals surface area contributed by atoms with E-state index in [-0.39, 0.29) is 5.91 Å². The number of aromatic nitrogens is 2. The van der Waals surface area contributed by atoms with E-state index in [0.717, 1.165) is 30.4 Å². The number of hydrogen-bond acceptors (Lipinski definition) is 5. The van der Waals surface area contributed by atoms with Crippen molar-refractivity contribution >= 4 is 11.7 Å². The molecule has 6 nitrogen and oxygen atoms in total. The molecule has 1 aromatic heterocycles. The van der Waals surface area contributed by atoms with E-state index in [2.05, 4.69) is 15.3 Å². The minimum absolute atomic E-state index is 0.138. The quantitative estimate of drug-likeness (QED) is 0.810. The molecule has 20 heavy (non-hydrogen) atoms. The molecule has 0 saturated carbocycles. The molecular weight excluding hydrogens is 254 g/mol. The van der Waals surface area contributed by atoms with Gasteiger partial charge in [0.15, 0.2) is 0 Å². The standard InChI is InChI=1S/C14H25N5O/c1-6-19(7-2)14(20)10-18(5)9-13-16-11(3)8-12(15-4)17-13/h8H,6-7,9-10H2,1-5H3,(H,15,16,17). The number of carbonyl (C=O) groups excluding carboxylic acids is 1. The first-order valence-corrected chi connectivity index (χ1v) is 6.98. The van der Waals surface area contributed by atoms with Crippen LogP contribution >= 0.6 is 0 Å². The van der Waals surface area contributed by atoms with Gasteiger partial charge in [0.2, 0.25) is 5.91 Å². The predicted molar refractivity (Wildman–Crippen MR) is 80.6 cm³/mol. The summed E-state index contributed by atoms with van der Waals surface area (Å²) >= 11 is 0. The molecule has 0 bridgehead atoms. The third-order valence-electron chi connectivity index (χ3n) is 3.09. The Morgan fingerprint density at radius 2 is 1.95 bits per heavy atom. The first kappa shape index (κ1) is 16.4. The van der Waals surface area contributed by atoms with E-state index in [4.69, 9.17) is 0 Å². The van der Waals surface area contributed by atoms with Gasteiger partial charge in [-0.25, -0.2) is 9.97 Å². The van der Waals surface area contributed by atoms with Gasteiger partial charge in [0.1, 0.15) is 11.6 Å². The maximum atomic E-state index is 12.0. The molecule has 0 aliphatic heterocycles. The van der Waals surface area contributed by atoms with Gasteiger partial charge >= 0.3 is 0 Å². The summed E-state index contributed by atoms with van der Waals surface area (Å²) in [5.74, 6) is 1.67. The Labute approximate surface area is 121 Å². The second kappa shape index (κ2) is 7.79. The SMILES string of the molecule is CCN(CC)C(=O)CN(C)Cc1nc(C)cc(NC)n1. The molecule has 0 unspecified atom stereocenters. The molecule has 0 fully saturated rings. The van der Waals surface area contributed by atoms with Crippen molar-refractivity contribution in [2.75, 3.05) is 39.0 Å². The van der Waals surface area contributed by atoms with E-state index >= 15 is 0 Å². The van der Waals surface area contributed by atoms with Gasteiger partial charge in [0.25, 0.3) is 0 Å². The second-order valence-electron chi connectivity index (χ2n) is 4.80. The van der Waals surface area contributed by atoms with E-state index in [0.29, 0.717) is 13.1 Å². The summed E-state index contributed by atoms with van der Waals surface area (Å²) in [5, 5.41) is 3.01. The Morgan fingerprint density at radius 1 is 1.30 bits per heavy atom. The van der Waals surface area contributed by atoms with Crippen LogP contribution in [0.5, 0.6) is 0 Å². The maximum absolute atomic E-state index is 12.0. The summed E-state index contributed by atoms with van der Waals surface area (Å²) in [4.78, 5) is 24.6. The normalized spacial score (nSPS) is 10.7. The van der Waals surface area contributed by atoms with Gasteiger partial charge < -0.3 is 10.2 Å². The predicted octanol–water partition coefficient (Wildman–Crippen LogP) is 1.13. The Hall–Kier alpha value is -1.69. The highest BCUT2D eigenvalue weighted by atomic mass is 16.2. The minimum Gasteiger partial charge on any atom is -0.373 e. The first-order chi connectivity index (χ1) is 9.49. The molecule has 6 heteroatoms. The highest BCUT2D eigenvalue weighted by Gasteiger charge is 2.13. The van der Waals surface area contributed by atoms with Crippen LogP contribution in [0.2, 0.25) is 0 Å². The highest BCUT2D eigenvalue weighted by Crippen LogP contribution is 2.07. The van der Waals surface area contributed by atoms with Gasteiger partial charge in [0.05, 0.1) is 13.1 Å². The lowest BCUT2D eigenvalue weighted by Crippen LogP contribution is -2.38. The number of nitrogens with zero attached hydrogens (tertiary/aromatic N) is 4. The van der Waals surface area contributed by atoms with Crippen molar-refractivity contribution in [1.82, 2.24) is 19.8 Å². The number of nitrogens with one attached hydrogen (secondary N) is 1. The zero-order valence-corrected chi connectivity index (χ0v) is 13.1. The van der Waals surface area contributed by atoms with Crippen LogP contribution in [0.4, 0.5) is 5.82 Å². The largest absolute Gasteiger partial charge is 0.373 e. The molecule has 1 amide bonds. The zero-order valence-electron chi connectivity index (χ0n) is 13.1. The fourth-order valence-corrected chi connectivity index (χ4v) is 2.03. The average molecular weight is 279 g/mol. The van der Waals surface area contributed by atoms with Crippen LogP contribution < -0.4 is 5.32 Å². The summed E-state index contributed by atoms with van der Waals surface area (Å²) in [7, 11) is 3.74. The van der Waals surface area contributed by atoms with E-state index in [1.54, 1.807) is 0 Å². The number of likely N-dealkylation sites (N-methyl/N-ethyl adjacent to an activating group) is 2. The summed E-state index contributed by atoms with van der Waals surface area (Å²) < 4.78 is 0. The fourth-order valence-electron chi connectivity index (χ4n) is 2.03. The van der Waals surface area contributed by atoms with Crippen LogP contribution in [-0.4, -0.2) is 59.4 Å². The molecule has 0 aromatic carbocycles. The monoisotopic (exact) mass is 279 g/mol. The highest BCUT2D eigenvalue weighted by molar-refractivity contribution is 5.78. The molecular formula is C14H25N5O. The third kappa shape index (κ3) is 4.77. The number of hydrogen-bond donors (Lipinski definition) is 1. The van der Waals surface area contributed by atoms with Crippen LogP contribution in [0.15, 0.2) is 6.07 Å². The molecule has 112 valence electrons. The van der Waals surface area contributed by atoms with Crippen molar-refractivity contribution in [3.8, 4) is 0 Å². The average Bonchev–Trinajstić information content (AvgIpc) is 2.38. The van der Waals surface area contributed by atoms with E-state index in [1.165, 1.54) is 0 Å². The molecule has 1 aromatic rings. The lowest BCUT2D eigenvalue weighted by molar-refractivity contribution is -0.131. The van der Waals surface area contributed by atoms with Crippen molar-refractivity contribution < 1.29 is 4.79 Å². The van der Waals surface area contributed by atoms with Crippen molar-refractivity contribution in [3.63, 3.8) is 0 Å². The fraction of sp³-hybridized carbons (Fsp3) is 0.643. The Bertz CT molecular complexity index is 445. The lowest BCUT2D eigenvalue weighted by Gasteiger charge is -2.22. The molecule has 1 rings (SSSR count). The number of rotatable bonds is 7. The van der Waals surface area contributed by atoms with Crippen molar-refractivity contribution in [2.45, 2.75) is 27.3 Å². The van der Waals surface area contributed by atoms with E-state index in [9.17, 15) is 4.79 Å². The van der Waals surface area contributed by atoms with Gasteiger partial charge in [0, 0.05) is 31.9 Å². The van der Waals surface area contributed by atoms with Gasteiger partial charge in [-0.3, -0.25) is 9.69 Å². The summed E-state index contributed by atoms with van der Waals surface area (Å²) in [6.07, 6.45) is 0. The maximum Gasteiger partial charge on any atom is 0.236 e. The third-order valence-corrected chi connectivity index (χ3v) is 3.09. The van der Waals surface area contributed by atoms with Gasteiger partial charge in [-0.15, -0.1) is 0 Å². The molecule has 1 heterocycles. The molecule has 0 aliphatic carbocycles. The summed E-state index contributed by atoms with van der Waals surface area (Å²) in [5.41, 5.74) is 0.919. The van der Waals surface area contributed by atoms with Crippen molar-refractivity contribution in [1.29, 1.82) is 0 Å². The number of amides is 1. The zero-order chi connectivity index (χ0) is 15.1. The topological polar surface area (TPSA) is 61.4 Å². The molecule has 0 saturated heterocycles. The van der Waals surface area contributed by atoms with Crippen LogP contribution in [0.1, 0.15) is 25.4 Å². The van der Waals surface area contributed by atoms with Crippen LogP contribution in [0, 0.1) is 6.92 Å².